The highest BCUT2D eigenvalue weighted by Gasteiger charge is 2.36. The third kappa shape index (κ3) is 6.91. The van der Waals surface area contributed by atoms with Gasteiger partial charge in [-0.25, -0.2) is 0 Å². The van der Waals surface area contributed by atoms with Gasteiger partial charge < -0.3 is 4.43 Å². The minimum Gasteiger partial charge on any atom is -0.406 e. The Balaban J connectivity index is 2.54. The minimum atomic E-state index is -1.70. The lowest BCUT2D eigenvalue weighted by molar-refractivity contribution is 0.334. The van der Waals surface area contributed by atoms with Gasteiger partial charge in [-0.3, -0.25) is 5.32 Å². The molecule has 1 aromatic rings. The van der Waals surface area contributed by atoms with E-state index in [-0.39, 0.29) is 11.1 Å². The van der Waals surface area contributed by atoms with Crippen LogP contribution in [-0.4, -0.2) is 21.0 Å². The lowest BCUT2D eigenvalue weighted by atomic mass is 10.0. The summed E-state index contributed by atoms with van der Waals surface area (Å²) in [5.74, 6) is 7.05. The summed E-state index contributed by atoms with van der Waals surface area (Å²) in [6.07, 6.45) is 0. The Morgan fingerprint density at radius 1 is 1.13 bits per heavy atom. The normalized spacial score (nSPS) is 13.6. The Hall–Kier alpha value is -1.08. The van der Waals surface area contributed by atoms with E-state index in [9.17, 15) is 0 Å². The molecular weight excluding hydrogens is 298 g/mol. The smallest absolute Gasteiger partial charge is 0.193 e. The maximum Gasteiger partial charge on any atom is 0.193 e. The summed E-state index contributed by atoms with van der Waals surface area (Å²) in [5, 5.41) is 3.78. The van der Waals surface area contributed by atoms with E-state index in [4.69, 9.17) is 4.43 Å². The van der Waals surface area contributed by atoms with Gasteiger partial charge in [0.25, 0.3) is 0 Å². The zero-order chi connectivity index (χ0) is 17.5. The molecule has 0 aliphatic rings. The third-order valence-electron chi connectivity index (χ3n) is 4.60. The zero-order valence-corrected chi connectivity index (χ0v) is 16.9. The topological polar surface area (TPSA) is 21.3 Å². The average Bonchev–Trinajstić information content (AvgIpc) is 2.45. The molecule has 1 aromatic carbocycles. The molecule has 128 valence electrons. The van der Waals surface area contributed by atoms with Crippen LogP contribution in [0, 0.1) is 17.8 Å². The van der Waals surface area contributed by atoms with Gasteiger partial charge in [0.2, 0.25) is 0 Å². The first-order valence-electron chi connectivity index (χ1n) is 8.53. The summed E-state index contributed by atoms with van der Waals surface area (Å²) in [5.41, 5.74) is 1.29. The van der Waals surface area contributed by atoms with E-state index >= 15 is 0 Å². The second kappa shape index (κ2) is 8.68. The quantitative estimate of drug-likeness (QED) is 0.596. The molecule has 3 heteroatoms. The summed E-state index contributed by atoms with van der Waals surface area (Å²) in [6, 6.07) is 10.6. The molecule has 0 radical (unpaired) electrons. The predicted octanol–water partition coefficient (Wildman–Crippen LogP) is 4.83. The molecule has 2 nitrogen and oxygen atoms in total. The Kier molecular flexibility index (Phi) is 7.53. The van der Waals surface area contributed by atoms with Crippen LogP contribution in [-0.2, 0) is 11.0 Å². The minimum absolute atomic E-state index is 0.193. The van der Waals surface area contributed by atoms with Crippen molar-refractivity contribution in [1.82, 2.24) is 5.32 Å². The monoisotopic (exact) mass is 331 g/mol. The van der Waals surface area contributed by atoms with E-state index in [1.165, 1.54) is 5.56 Å². The fourth-order valence-electron chi connectivity index (χ4n) is 1.86. The van der Waals surface area contributed by atoms with Crippen LogP contribution in [0.2, 0.25) is 18.1 Å². The maximum atomic E-state index is 6.12. The van der Waals surface area contributed by atoms with Crippen molar-refractivity contribution in [3.8, 4) is 11.8 Å². The highest BCUT2D eigenvalue weighted by Crippen LogP contribution is 2.36. The van der Waals surface area contributed by atoms with Gasteiger partial charge in [0.1, 0.15) is 0 Å². The summed E-state index contributed by atoms with van der Waals surface area (Å²) in [4.78, 5) is 0. The number of benzene rings is 1. The van der Waals surface area contributed by atoms with Gasteiger partial charge in [-0.05, 0) is 29.6 Å². The molecule has 0 bridgehead atoms. The molecule has 1 atom stereocenters. The molecule has 1 unspecified atom stereocenters. The molecule has 0 saturated heterocycles. The molecule has 0 aromatic heterocycles. The van der Waals surface area contributed by atoms with Crippen LogP contribution >= 0.6 is 0 Å². The van der Waals surface area contributed by atoms with E-state index in [1.807, 2.05) is 6.07 Å². The fraction of sp³-hybridized carbons (Fsp3) is 0.600. The number of nitrogens with one attached hydrogen (secondary N) is 1. The first-order chi connectivity index (χ1) is 10.6. The first kappa shape index (κ1) is 20.0. The summed E-state index contributed by atoms with van der Waals surface area (Å²) >= 11 is 0. The Morgan fingerprint density at radius 3 is 2.26 bits per heavy atom. The standard InChI is InChI=1S/C20H33NOSi/c1-17(2)19(21-16-18-12-9-8-10-13-18)14-11-15-22-23(6,7)20(3,4)5/h8-10,12-13,17,19,21H,15-16H2,1-7H3. The van der Waals surface area contributed by atoms with Crippen LogP contribution < -0.4 is 5.32 Å². The van der Waals surface area contributed by atoms with Gasteiger partial charge in [0, 0.05) is 6.54 Å². The molecule has 0 spiro atoms. The molecule has 0 heterocycles. The van der Waals surface area contributed by atoms with Crippen molar-refractivity contribution >= 4 is 8.32 Å². The van der Waals surface area contributed by atoms with Crippen molar-refractivity contribution in [1.29, 1.82) is 0 Å². The SMILES string of the molecule is CC(C)C(C#CCO[Si](C)(C)C(C)(C)C)NCc1ccccc1. The van der Waals surface area contributed by atoms with E-state index in [0.29, 0.717) is 12.5 Å². The van der Waals surface area contributed by atoms with Gasteiger partial charge in [-0.15, -0.1) is 0 Å². The third-order valence-corrected chi connectivity index (χ3v) is 9.08. The van der Waals surface area contributed by atoms with Crippen LogP contribution in [0.15, 0.2) is 30.3 Å². The second-order valence-corrected chi connectivity index (χ2v) is 12.8. The second-order valence-electron chi connectivity index (χ2n) is 7.96. The van der Waals surface area contributed by atoms with Crippen molar-refractivity contribution < 1.29 is 4.43 Å². The largest absolute Gasteiger partial charge is 0.406 e. The molecule has 23 heavy (non-hydrogen) atoms. The average molecular weight is 332 g/mol. The summed E-state index contributed by atoms with van der Waals surface area (Å²) in [6.45, 7) is 17.1. The zero-order valence-electron chi connectivity index (χ0n) is 15.9. The van der Waals surface area contributed by atoms with Gasteiger partial charge in [-0.2, -0.15) is 0 Å². The van der Waals surface area contributed by atoms with Crippen molar-refractivity contribution in [3.05, 3.63) is 35.9 Å². The number of hydrogen-bond donors (Lipinski definition) is 1. The molecule has 0 amide bonds. The fourth-order valence-corrected chi connectivity index (χ4v) is 2.73. The molecule has 0 aliphatic heterocycles. The van der Waals surface area contributed by atoms with E-state index in [1.54, 1.807) is 0 Å². The highest BCUT2D eigenvalue weighted by molar-refractivity contribution is 6.74. The molecular formula is C20H33NOSi. The van der Waals surface area contributed by atoms with Crippen molar-refractivity contribution in [2.75, 3.05) is 6.61 Å². The van der Waals surface area contributed by atoms with Crippen LogP contribution in [0.3, 0.4) is 0 Å². The van der Waals surface area contributed by atoms with Crippen molar-refractivity contribution in [2.45, 2.75) is 65.3 Å². The Bertz CT molecular complexity index is 520. The van der Waals surface area contributed by atoms with Gasteiger partial charge in [0.05, 0.1) is 12.6 Å². The summed E-state index contributed by atoms with van der Waals surface area (Å²) in [7, 11) is -1.70. The van der Waals surface area contributed by atoms with E-state index < -0.39 is 8.32 Å². The van der Waals surface area contributed by atoms with Gasteiger partial charge in [-0.1, -0.05) is 76.8 Å². The number of hydrogen-bond acceptors (Lipinski definition) is 2. The molecule has 1 rings (SSSR count). The highest BCUT2D eigenvalue weighted by atomic mass is 28.4. The van der Waals surface area contributed by atoms with E-state index in [2.05, 4.69) is 89.1 Å². The molecule has 0 saturated carbocycles. The van der Waals surface area contributed by atoms with Crippen LogP contribution in [0.1, 0.15) is 40.2 Å². The van der Waals surface area contributed by atoms with Crippen molar-refractivity contribution in [2.24, 2.45) is 5.92 Å². The van der Waals surface area contributed by atoms with E-state index in [0.717, 1.165) is 6.54 Å². The van der Waals surface area contributed by atoms with Crippen LogP contribution in [0.4, 0.5) is 0 Å². The Morgan fingerprint density at radius 2 is 1.74 bits per heavy atom. The first-order valence-corrected chi connectivity index (χ1v) is 11.4. The molecule has 0 fully saturated rings. The predicted molar refractivity (Wildman–Crippen MR) is 103 cm³/mol. The van der Waals surface area contributed by atoms with Crippen LogP contribution in [0.5, 0.6) is 0 Å². The lowest BCUT2D eigenvalue weighted by Gasteiger charge is -2.35. The van der Waals surface area contributed by atoms with Gasteiger partial charge >= 0.3 is 0 Å². The molecule has 1 N–H and O–H groups in total. The van der Waals surface area contributed by atoms with Crippen molar-refractivity contribution in [3.63, 3.8) is 0 Å². The van der Waals surface area contributed by atoms with Crippen LogP contribution in [0.25, 0.3) is 0 Å². The molecule has 0 aliphatic carbocycles. The lowest BCUT2D eigenvalue weighted by Crippen LogP contribution is -2.40. The number of rotatable bonds is 6. The Labute approximate surface area is 144 Å². The van der Waals surface area contributed by atoms with Gasteiger partial charge in [0.15, 0.2) is 8.32 Å². The maximum absolute atomic E-state index is 6.12. The summed E-state index contributed by atoms with van der Waals surface area (Å²) < 4.78 is 6.12.